The fourth-order valence-electron chi connectivity index (χ4n) is 2.42. The lowest BCUT2D eigenvalue weighted by Gasteiger charge is -2.13. The molecule has 0 heterocycles. The summed E-state index contributed by atoms with van der Waals surface area (Å²) in [5, 5.41) is 10.7. The van der Waals surface area contributed by atoms with E-state index in [1.807, 2.05) is 43.3 Å². The van der Waals surface area contributed by atoms with Crippen LogP contribution in [0.4, 0.5) is 11.4 Å². The standard InChI is InChI=1S/C17H21N3O4S/c1-13-12-16(20(21)22)8-9-17(13)25(23,24)18-11-10-14-4-6-15(7-5-14)19(2)3/h4-9,12,18H,10-11H2,1-3H3. The molecule has 134 valence electrons. The van der Waals surface area contributed by atoms with Crippen molar-refractivity contribution in [1.82, 2.24) is 4.72 Å². The molecule has 0 aliphatic carbocycles. The highest BCUT2D eigenvalue weighted by atomic mass is 32.2. The molecule has 0 atom stereocenters. The molecular formula is C17H21N3O4S. The highest BCUT2D eigenvalue weighted by Crippen LogP contribution is 2.21. The van der Waals surface area contributed by atoms with Crippen LogP contribution in [0.25, 0.3) is 0 Å². The van der Waals surface area contributed by atoms with Gasteiger partial charge in [-0.15, -0.1) is 0 Å². The summed E-state index contributed by atoms with van der Waals surface area (Å²) in [4.78, 5) is 12.2. The average molecular weight is 363 g/mol. The average Bonchev–Trinajstić information content (AvgIpc) is 2.54. The summed E-state index contributed by atoms with van der Waals surface area (Å²) in [7, 11) is 0.202. The number of anilines is 1. The van der Waals surface area contributed by atoms with Crippen LogP contribution in [0.5, 0.6) is 0 Å². The Morgan fingerprint density at radius 1 is 1.12 bits per heavy atom. The number of nitro benzene ring substituents is 1. The normalized spacial score (nSPS) is 11.3. The Hall–Kier alpha value is -2.45. The van der Waals surface area contributed by atoms with Crippen LogP contribution in [0.3, 0.4) is 0 Å². The van der Waals surface area contributed by atoms with Crippen LogP contribution < -0.4 is 9.62 Å². The molecule has 2 rings (SSSR count). The van der Waals surface area contributed by atoms with E-state index in [1.54, 1.807) is 6.92 Å². The summed E-state index contributed by atoms with van der Waals surface area (Å²) < 4.78 is 27.3. The van der Waals surface area contributed by atoms with Crippen LogP contribution in [0.15, 0.2) is 47.4 Å². The van der Waals surface area contributed by atoms with Crippen molar-refractivity contribution in [3.63, 3.8) is 0 Å². The van der Waals surface area contributed by atoms with Crippen molar-refractivity contribution in [2.45, 2.75) is 18.2 Å². The molecule has 0 unspecified atom stereocenters. The van der Waals surface area contributed by atoms with Crippen LogP contribution in [-0.2, 0) is 16.4 Å². The molecule has 7 nitrogen and oxygen atoms in total. The number of rotatable bonds is 7. The minimum absolute atomic E-state index is 0.0565. The lowest BCUT2D eigenvalue weighted by molar-refractivity contribution is -0.385. The molecule has 2 aromatic rings. The van der Waals surface area contributed by atoms with E-state index >= 15 is 0 Å². The van der Waals surface area contributed by atoms with Gasteiger partial charge in [-0.2, -0.15) is 0 Å². The molecule has 0 saturated carbocycles. The molecule has 0 aromatic heterocycles. The van der Waals surface area contributed by atoms with Gasteiger partial charge in [-0.05, 0) is 42.7 Å². The van der Waals surface area contributed by atoms with Gasteiger partial charge in [-0.3, -0.25) is 10.1 Å². The Morgan fingerprint density at radius 2 is 1.76 bits per heavy atom. The van der Waals surface area contributed by atoms with Gasteiger partial charge in [-0.25, -0.2) is 13.1 Å². The van der Waals surface area contributed by atoms with E-state index in [-0.39, 0.29) is 17.1 Å². The molecule has 25 heavy (non-hydrogen) atoms. The maximum atomic E-state index is 12.4. The summed E-state index contributed by atoms with van der Waals surface area (Å²) >= 11 is 0. The Labute approximate surface area is 147 Å². The number of nitrogens with zero attached hydrogens (tertiary/aromatic N) is 2. The van der Waals surface area contributed by atoms with Crippen LogP contribution in [0.2, 0.25) is 0 Å². The minimum atomic E-state index is -3.71. The van der Waals surface area contributed by atoms with E-state index in [2.05, 4.69) is 4.72 Å². The number of aryl methyl sites for hydroxylation is 1. The van der Waals surface area contributed by atoms with E-state index in [0.29, 0.717) is 12.0 Å². The molecule has 0 aliphatic heterocycles. The molecule has 0 radical (unpaired) electrons. The smallest absolute Gasteiger partial charge is 0.269 e. The molecule has 8 heteroatoms. The Balaban J connectivity index is 2.03. The molecule has 0 fully saturated rings. The minimum Gasteiger partial charge on any atom is -0.378 e. The number of benzene rings is 2. The fourth-order valence-corrected chi connectivity index (χ4v) is 3.67. The molecule has 0 spiro atoms. The van der Waals surface area contributed by atoms with Gasteiger partial charge in [0.1, 0.15) is 0 Å². The Morgan fingerprint density at radius 3 is 2.28 bits per heavy atom. The summed E-state index contributed by atoms with van der Waals surface area (Å²) in [5.74, 6) is 0. The van der Waals surface area contributed by atoms with Crippen molar-refractivity contribution in [2.75, 3.05) is 25.5 Å². The highest BCUT2D eigenvalue weighted by molar-refractivity contribution is 7.89. The van der Waals surface area contributed by atoms with E-state index in [9.17, 15) is 18.5 Å². The van der Waals surface area contributed by atoms with Gasteiger partial charge in [0.25, 0.3) is 5.69 Å². The second kappa shape index (κ2) is 7.62. The summed E-state index contributed by atoms with van der Waals surface area (Å²) in [6.45, 7) is 1.79. The molecule has 0 bridgehead atoms. The molecule has 0 saturated heterocycles. The Kier molecular flexibility index (Phi) is 5.76. The second-order valence-corrected chi connectivity index (χ2v) is 7.65. The summed E-state index contributed by atoms with van der Waals surface area (Å²) in [6, 6.07) is 11.6. The van der Waals surface area contributed by atoms with Crippen molar-refractivity contribution < 1.29 is 13.3 Å². The largest absolute Gasteiger partial charge is 0.378 e. The number of non-ortho nitro benzene ring substituents is 1. The lowest BCUT2D eigenvalue weighted by Crippen LogP contribution is -2.26. The highest BCUT2D eigenvalue weighted by Gasteiger charge is 2.18. The SMILES string of the molecule is Cc1cc([N+](=O)[O-])ccc1S(=O)(=O)NCCc1ccc(N(C)C)cc1. The predicted molar refractivity (Wildman–Crippen MR) is 97.5 cm³/mol. The van der Waals surface area contributed by atoms with E-state index < -0.39 is 14.9 Å². The predicted octanol–water partition coefficient (Wildman–Crippen LogP) is 2.49. The zero-order valence-corrected chi connectivity index (χ0v) is 15.2. The van der Waals surface area contributed by atoms with Crippen LogP contribution in [0, 0.1) is 17.0 Å². The van der Waals surface area contributed by atoms with Crippen LogP contribution in [-0.4, -0.2) is 34.0 Å². The second-order valence-electron chi connectivity index (χ2n) is 5.92. The lowest BCUT2D eigenvalue weighted by atomic mass is 10.1. The first-order chi connectivity index (χ1) is 11.7. The van der Waals surface area contributed by atoms with Crippen molar-refractivity contribution in [3.8, 4) is 0 Å². The van der Waals surface area contributed by atoms with Gasteiger partial charge < -0.3 is 4.90 Å². The topological polar surface area (TPSA) is 92.5 Å². The summed E-state index contributed by atoms with van der Waals surface area (Å²) in [6.07, 6.45) is 0.555. The van der Waals surface area contributed by atoms with Gasteiger partial charge in [0.05, 0.1) is 9.82 Å². The number of sulfonamides is 1. The third kappa shape index (κ3) is 4.77. The maximum Gasteiger partial charge on any atom is 0.269 e. The Bertz CT molecular complexity index is 862. The van der Waals surface area contributed by atoms with Gasteiger partial charge in [0.15, 0.2) is 0 Å². The summed E-state index contributed by atoms with van der Waals surface area (Å²) in [5.41, 5.74) is 2.31. The van der Waals surface area contributed by atoms with Crippen molar-refractivity contribution in [2.24, 2.45) is 0 Å². The molecule has 1 N–H and O–H groups in total. The monoisotopic (exact) mass is 363 g/mol. The third-order valence-electron chi connectivity index (χ3n) is 3.82. The van der Waals surface area contributed by atoms with Gasteiger partial charge in [0, 0.05) is 38.5 Å². The number of nitrogens with one attached hydrogen (secondary N) is 1. The van der Waals surface area contributed by atoms with Crippen molar-refractivity contribution in [1.29, 1.82) is 0 Å². The number of nitro groups is 1. The zero-order valence-electron chi connectivity index (χ0n) is 14.4. The third-order valence-corrected chi connectivity index (χ3v) is 5.44. The molecular weight excluding hydrogens is 342 g/mol. The zero-order chi connectivity index (χ0) is 18.6. The quantitative estimate of drug-likeness (QED) is 0.603. The first-order valence-corrected chi connectivity index (χ1v) is 9.20. The number of hydrogen-bond donors (Lipinski definition) is 1. The van der Waals surface area contributed by atoms with E-state index in [1.165, 1.54) is 18.2 Å². The van der Waals surface area contributed by atoms with E-state index in [0.717, 1.165) is 11.3 Å². The van der Waals surface area contributed by atoms with Gasteiger partial charge >= 0.3 is 0 Å². The van der Waals surface area contributed by atoms with Crippen LogP contribution in [0.1, 0.15) is 11.1 Å². The molecule has 2 aromatic carbocycles. The van der Waals surface area contributed by atoms with Crippen molar-refractivity contribution >= 4 is 21.4 Å². The van der Waals surface area contributed by atoms with E-state index in [4.69, 9.17) is 0 Å². The first kappa shape index (κ1) is 18.9. The number of hydrogen-bond acceptors (Lipinski definition) is 5. The van der Waals surface area contributed by atoms with Crippen molar-refractivity contribution in [3.05, 3.63) is 63.7 Å². The maximum absolute atomic E-state index is 12.4. The fraction of sp³-hybridized carbons (Fsp3) is 0.294. The molecule has 0 amide bonds. The van der Waals surface area contributed by atoms with Crippen LogP contribution >= 0.6 is 0 Å². The first-order valence-electron chi connectivity index (χ1n) is 7.71. The van der Waals surface area contributed by atoms with Gasteiger partial charge in [0.2, 0.25) is 10.0 Å². The molecule has 0 aliphatic rings. The van der Waals surface area contributed by atoms with Gasteiger partial charge in [-0.1, -0.05) is 12.1 Å².